The van der Waals surface area contributed by atoms with Crippen LogP contribution < -0.4 is 11.1 Å². The fourth-order valence-corrected chi connectivity index (χ4v) is 2.93. The van der Waals surface area contributed by atoms with Crippen LogP contribution in [0.1, 0.15) is 18.4 Å². The minimum absolute atomic E-state index is 0.464. The van der Waals surface area contributed by atoms with Crippen LogP contribution in [0, 0.1) is 0 Å². The van der Waals surface area contributed by atoms with Gasteiger partial charge in [0.15, 0.2) is 0 Å². The topological polar surface area (TPSA) is 54.2 Å². The number of aromatic nitrogens is 1. The molecule has 110 valence electrons. The van der Waals surface area contributed by atoms with Gasteiger partial charge in [0.2, 0.25) is 0 Å². The number of hydrogen-bond donors (Lipinski definition) is 2. The molecule has 0 aliphatic carbocycles. The first-order valence-corrected chi connectivity index (χ1v) is 7.53. The highest BCUT2D eigenvalue weighted by atomic mass is 15.2. The lowest BCUT2D eigenvalue weighted by Gasteiger charge is -2.33. The van der Waals surface area contributed by atoms with Gasteiger partial charge in [-0.05, 0) is 31.0 Å². The van der Waals surface area contributed by atoms with Gasteiger partial charge in [-0.15, -0.1) is 0 Å². The van der Waals surface area contributed by atoms with Gasteiger partial charge in [0.1, 0.15) is 0 Å². The van der Waals surface area contributed by atoms with E-state index in [9.17, 15) is 0 Å². The normalized spacial score (nSPS) is 19.3. The maximum atomic E-state index is 5.78. The van der Waals surface area contributed by atoms with E-state index in [0.717, 1.165) is 18.8 Å². The summed E-state index contributed by atoms with van der Waals surface area (Å²) < 4.78 is 0. The molecule has 0 bridgehead atoms. The summed E-state index contributed by atoms with van der Waals surface area (Å²) in [5, 5.41) is 3.55. The second kappa shape index (κ2) is 6.59. The van der Waals surface area contributed by atoms with Crippen LogP contribution in [-0.4, -0.2) is 29.0 Å². The average Bonchev–Trinajstić information content (AvgIpc) is 2.49. The summed E-state index contributed by atoms with van der Waals surface area (Å²) in [4.78, 5) is 6.65. The molecule has 1 aromatic carbocycles. The van der Waals surface area contributed by atoms with Crippen molar-refractivity contribution in [2.24, 2.45) is 0 Å². The Morgan fingerprint density at radius 2 is 2.10 bits per heavy atom. The summed E-state index contributed by atoms with van der Waals surface area (Å²) in [6, 6.07) is 13.1. The number of anilines is 2. The molecule has 21 heavy (non-hydrogen) atoms. The van der Waals surface area contributed by atoms with Crippen LogP contribution in [0.5, 0.6) is 0 Å². The van der Waals surface area contributed by atoms with E-state index in [-0.39, 0.29) is 0 Å². The smallest absolute Gasteiger partial charge is 0.0549 e. The van der Waals surface area contributed by atoms with Gasteiger partial charge in [-0.2, -0.15) is 0 Å². The van der Waals surface area contributed by atoms with Crippen molar-refractivity contribution in [3.05, 3.63) is 54.4 Å². The van der Waals surface area contributed by atoms with Crippen molar-refractivity contribution in [3.63, 3.8) is 0 Å². The summed E-state index contributed by atoms with van der Waals surface area (Å²) in [7, 11) is 0. The lowest BCUT2D eigenvalue weighted by Crippen LogP contribution is -2.41. The second-order valence-electron chi connectivity index (χ2n) is 5.71. The van der Waals surface area contributed by atoms with E-state index >= 15 is 0 Å². The Morgan fingerprint density at radius 3 is 2.90 bits per heavy atom. The van der Waals surface area contributed by atoms with Crippen molar-refractivity contribution in [3.8, 4) is 0 Å². The average molecular weight is 282 g/mol. The summed E-state index contributed by atoms with van der Waals surface area (Å²) in [6.45, 7) is 3.25. The van der Waals surface area contributed by atoms with E-state index in [4.69, 9.17) is 5.73 Å². The molecule has 0 spiro atoms. The van der Waals surface area contributed by atoms with Crippen LogP contribution >= 0.6 is 0 Å². The third kappa shape index (κ3) is 3.95. The summed E-state index contributed by atoms with van der Waals surface area (Å²) >= 11 is 0. The Labute approximate surface area is 126 Å². The quantitative estimate of drug-likeness (QED) is 0.905. The molecule has 0 saturated carbocycles. The molecule has 1 aliphatic heterocycles. The molecule has 1 aliphatic rings. The highest BCUT2D eigenvalue weighted by Crippen LogP contribution is 2.18. The Kier molecular flexibility index (Phi) is 4.36. The van der Waals surface area contributed by atoms with Crippen LogP contribution in [0.15, 0.2) is 48.8 Å². The second-order valence-corrected chi connectivity index (χ2v) is 5.71. The number of piperidine rings is 1. The third-order valence-electron chi connectivity index (χ3n) is 3.88. The molecule has 1 unspecified atom stereocenters. The number of pyridine rings is 1. The van der Waals surface area contributed by atoms with Crippen molar-refractivity contribution in [2.45, 2.75) is 25.4 Å². The van der Waals surface area contributed by atoms with E-state index in [1.807, 2.05) is 12.3 Å². The van der Waals surface area contributed by atoms with Gasteiger partial charge in [0, 0.05) is 25.3 Å². The highest BCUT2D eigenvalue weighted by molar-refractivity contribution is 5.51. The number of nitrogens with zero attached hydrogens (tertiary/aromatic N) is 2. The first kappa shape index (κ1) is 13.9. The van der Waals surface area contributed by atoms with E-state index in [1.165, 1.54) is 24.9 Å². The zero-order valence-corrected chi connectivity index (χ0v) is 12.2. The minimum atomic E-state index is 0.464. The standard InChI is InChI=1S/C17H22N4/c18-15-9-17(11-19-10-15)20-16-7-4-8-21(13-16)12-14-5-2-1-3-6-14/h1-3,5-6,9-11,16,20H,4,7-8,12-13,18H2. The number of nitrogens with two attached hydrogens (primary N) is 1. The number of benzene rings is 1. The molecule has 1 aromatic heterocycles. The molecule has 2 aromatic rings. The van der Waals surface area contributed by atoms with E-state index < -0.39 is 0 Å². The molecule has 0 radical (unpaired) electrons. The maximum Gasteiger partial charge on any atom is 0.0549 e. The third-order valence-corrected chi connectivity index (χ3v) is 3.88. The Balaban J connectivity index is 1.58. The molecule has 0 amide bonds. The number of likely N-dealkylation sites (tertiary alicyclic amines) is 1. The molecule has 4 nitrogen and oxygen atoms in total. The van der Waals surface area contributed by atoms with Gasteiger partial charge in [-0.25, -0.2) is 0 Å². The van der Waals surface area contributed by atoms with E-state index in [0.29, 0.717) is 11.7 Å². The predicted octanol–water partition coefficient (Wildman–Crippen LogP) is 2.74. The largest absolute Gasteiger partial charge is 0.397 e. The van der Waals surface area contributed by atoms with Gasteiger partial charge in [-0.3, -0.25) is 9.88 Å². The number of hydrogen-bond acceptors (Lipinski definition) is 4. The fourth-order valence-electron chi connectivity index (χ4n) is 2.93. The van der Waals surface area contributed by atoms with Gasteiger partial charge in [-0.1, -0.05) is 30.3 Å². The number of rotatable bonds is 4. The fraction of sp³-hybridized carbons (Fsp3) is 0.353. The highest BCUT2D eigenvalue weighted by Gasteiger charge is 2.19. The molecular weight excluding hydrogens is 260 g/mol. The summed E-state index contributed by atoms with van der Waals surface area (Å²) in [6.07, 6.45) is 5.93. The SMILES string of the molecule is Nc1cncc(NC2CCCN(Cc3ccccc3)C2)c1. The van der Waals surface area contributed by atoms with E-state index in [2.05, 4.69) is 45.5 Å². The van der Waals surface area contributed by atoms with Crippen molar-refractivity contribution in [1.82, 2.24) is 9.88 Å². The molecular formula is C17H22N4. The summed E-state index contributed by atoms with van der Waals surface area (Å²) in [5.41, 5.74) is 8.88. The zero-order chi connectivity index (χ0) is 14.5. The van der Waals surface area contributed by atoms with Crippen molar-refractivity contribution >= 4 is 11.4 Å². The first-order valence-electron chi connectivity index (χ1n) is 7.53. The Morgan fingerprint density at radius 1 is 1.24 bits per heavy atom. The van der Waals surface area contributed by atoms with E-state index in [1.54, 1.807) is 6.20 Å². The van der Waals surface area contributed by atoms with Crippen molar-refractivity contribution in [1.29, 1.82) is 0 Å². The van der Waals surface area contributed by atoms with Crippen LogP contribution in [0.3, 0.4) is 0 Å². The molecule has 2 heterocycles. The summed E-state index contributed by atoms with van der Waals surface area (Å²) in [5.74, 6) is 0. The molecule has 1 saturated heterocycles. The van der Waals surface area contributed by atoms with Gasteiger partial charge >= 0.3 is 0 Å². The van der Waals surface area contributed by atoms with Crippen molar-refractivity contribution in [2.75, 3.05) is 24.1 Å². The first-order chi connectivity index (χ1) is 10.3. The van der Waals surface area contributed by atoms with Crippen LogP contribution in [0.4, 0.5) is 11.4 Å². The minimum Gasteiger partial charge on any atom is -0.397 e. The Bertz CT molecular complexity index is 570. The van der Waals surface area contributed by atoms with Gasteiger partial charge in [0.05, 0.1) is 17.6 Å². The Hall–Kier alpha value is -2.07. The molecule has 3 rings (SSSR count). The van der Waals surface area contributed by atoms with Gasteiger partial charge in [0.25, 0.3) is 0 Å². The maximum absolute atomic E-state index is 5.78. The van der Waals surface area contributed by atoms with Crippen LogP contribution in [0.25, 0.3) is 0 Å². The van der Waals surface area contributed by atoms with Gasteiger partial charge < -0.3 is 11.1 Å². The van der Waals surface area contributed by atoms with Crippen molar-refractivity contribution < 1.29 is 0 Å². The molecule has 3 N–H and O–H groups in total. The number of nitrogens with one attached hydrogen (secondary N) is 1. The predicted molar refractivity (Wildman–Crippen MR) is 87.0 cm³/mol. The van der Waals surface area contributed by atoms with Crippen LogP contribution in [-0.2, 0) is 6.54 Å². The van der Waals surface area contributed by atoms with Crippen LogP contribution in [0.2, 0.25) is 0 Å². The zero-order valence-electron chi connectivity index (χ0n) is 12.2. The lowest BCUT2D eigenvalue weighted by molar-refractivity contribution is 0.208. The monoisotopic (exact) mass is 282 g/mol. The molecule has 1 fully saturated rings. The lowest BCUT2D eigenvalue weighted by atomic mass is 10.0. The molecule has 1 atom stereocenters. The number of nitrogen functional groups attached to an aromatic ring is 1. The molecule has 4 heteroatoms.